The number of amides is 1. The lowest BCUT2D eigenvalue weighted by molar-refractivity contribution is -0.118. The molecule has 0 bridgehead atoms. The molecule has 82 valence electrons. The van der Waals surface area contributed by atoms with Crippen LogP contribution in [0.4, 0.5) is 0 Å². The molecule has 1 amide bonds. The van der Waals surface area contributed by atoms with Gasteiger partial charge in [0.1, 0.15) is 11.5 Å². The van der Waals surface area contributed by atoms with Gasteiger partial charge in [-0.3, -0.25) is 4.79 Å². The van der Waals surface area contributed by atoms with E-state index in [2.05, 4.69) is 0 Å². The maximum atomic E-state index is 10.7. The standard InChI is InChI=1S/C10H14N2O3/c1-15-9-4-6(13)2-3-7(9)8(11)5-10(12)14/h2-4,8,13H,5,11H2,1H3,(H2,12,14). The molecule has 15 heavy (non-hydrogen) atoms. The molecule has 1 aromatic rings. The van der Waals surface area contributed by atoms with Gasteiger partial charge in [0.25, 0.3) is 0 Å². The van der Waals surface area contributed by atoms with Gasteiger partial charge in [-0.05, 0) is 6.07 Å². The molecule has 0 fully saturated rings. The maximum Gasteiger partial charge on any atom is 0.219 e. The smallest absolute Gasteiger partial charge is 0.219 e. The van der Waals surface area contributed by atoms with Crippen LogP contribution in [-0.4, -0.2) is 18.1 Å². The Morgan fingerprint density at radius 2 is 2.27 bits per heavy atom. The number of methoxy groups -OCH3 is 1. The number of phenols is 1. The van der Waals surface area contributed by atoms with Crippen LogP contribution < -0.4 is 16.2 Å². The molecule has 0 spiro atoms. The summed E-state index contributed by atoms with van der Waals surface area (Å²) in [6.45, 7) is 0. The van der Waals surface area contributed by atoms with E-state index in [0.29, 0.717) is 11.3 Å². The molecule has 1 atom stereocenters. The number of nitrogens with two attached hydrogens (primary N) is 2. The van der Waals surface area contributed by atoms with Gasteiger partial charge in [0.15, 0.2) is 0 Å². The topological polar surface area (TPSA) is 98.6 Å². The fourth-order valence-corrected chi connectivity index (χ4v) is 1.33. The molecule has 0 aromatic heterocycles. The SMILES string of the molecule is COc1cc(O)ccc1C(N)CC(N)=O. The number of carbonyl (C=O) groups is 1. The summed E-state index contributed by atoms with van der Waals surface area (Å²) < 4.78 is 5.04. The van der Waals surface area contributed by atoms with E-state index in [1.807, 2.05) is 0 Å². The van der Waals surface area contributed by atoms with E-state index in [-0.39, 0.29) is 12.2 Å². The summed E-state index contributed by atoms with van der Waals surface area (Å²) in [6, 6.07) is 4.02. The molecule has 0 heterocycles. The molecule has 1 unspecified atom stereocenters. The molecule has 1 aromatic carbocycles. The van der Waals surface area contributed by atoms with Crippen molar-refractivity contribution in [1.82, 2.24) is 0 Å². The number of aromatic hydroxyl groups is 1. The Balaban J connectivity index is 2.97. The van der Waals surface area contributed by atoms with Crippen molar-refractivity contribution in [2.45, 2.75) is 12.5 Å². The fourth-order valence-electron chi connectivity index (χ4n) is 1.33. The minimum absolute atomic E-state index is 0.0428. The molecular formula is C10H14N2O3. The highest BCUT2D eigenvalue weighted by Gasteiger charge is 2.14. The molecule has 5 heteroatoms. The molecule has 0 saturated carbocycles. The first-order valence-electron chi connectivity index (χ1n) is 4.45. The van der Waals surface area contributed by atoms with Crippen molar-refractivity contribution in [3.8, 4) is 11.5 Å². The van der Waals surface area contributed by atoms with Crippen molar-refractivity contribution in [3.05, 3.63) is 23.8 Å². The van der Waals surface area contributed by atoms with Crippen LogP contribution in [0.2, 0.25) is 0 Å². The summed E-state index contributed by atoms with van der Waals surface area (Å²) in [5.41, 5.74) is 11.5. The summed E-state index contributed by atoms with van der Waals surface area (Å²) in [4.78, 5) is 10.7. The van der Waals surface area contributed by atoms with E-state index in [4.69, 9.17) is 16.2 Å². The zero-order valence-corrected chi connectivity index (χ0v) is 8.43. The van der Waals surface area contributed by atoms with Gasteiger partial charge in [0.05, 0.1) is 7.11 Å². The third kappa shape index (κ3) is 2.85. The molecule has 0 saturated heterocycles. The number of hydrogen-bond donors (Lipinski definition) is 3. The lowest BCUT2D eigenvalue weighted by Crippen LogP contribution is -2.21. The van der Waals surface area contributed by atoms with Crippen LogP contribution in [0.1, 0.15) is 18.0 Å². The molecular weight excluding hydrogens is 196 g/mol. The van der Waals surface area contributed by atoms with E-state index in [0.717, 1.165) is 0 Å². The molecule has 0 radical (unpaired) electrons. The highest BCUT2D eigenvalue weighted by Crippen LogP contribution is 2.28. The predicted molar refractivity (Wildman–Crippen MR) is 55.4 cm³/mol. The second-order valence-corrected chi connectivity index (χ2v) is 3.20. The first-order chi connectivity index (χ1) is 7.04. The summed E-state index contributed by atoms with van der Waals surface area (Å²) in [6.07, 6.45) is 0.0428. The molecule has 0 aliphatic carbocycles. The van der Waals surface area contributed by atoms with Crippen molar-refractivity contribution >= 4 is 5.91 Å². The monoisotopic (exact) mass is 210 g/mol. The van der Waals surface area contributed by atoms with Crippen molar-refractivity contribution in [2.75, 3.05) is 7.11 Å². The number of primary amides is 1. The number of ether oxygens (including phenoxy) is 1. The van der Waals surface area contributed by atoms with Gasteiger partial charge in [-0.2, -0.15) is 0 Å². The third-order valence-corrected chi connectivity index (χ3v) is 2.04. The molecule has 5 N–H and O–H groups in total. The van der Waals surface area contributed by atoms with Crippen LogP contribution in [0.3, 0.4) is 0 Å². The Morgan fingerprint density at radius 1 is 1.60 bits per heavy atom. The first kappa shape index (κ1) is 11.3. The number of carbonyl (C=O) groups excluding carboxylic acids is 1. The minimum Gasteiger partial charge on any atom is -0.508 e. The number of phenolic OH excluding ortho intramolecular Hbond substituents is 1. The van der Waals surface area contributed by atoms with E-state index < -0.39 is 11.9 Å². The number of rotatable bonds is 4. The normalized spacial score (nSPS) is 12.1. The summed E-state index contributed by atoms with van der Waals surface area (Å²) in [7, 11) is 1.47. The van der Waals surface area contributed by atoms with E-state index in [9.17, 15) is 9.90 Å². The van der Waals surface area contributed by atoms with Crippen LogP contribution in [0.5, 0.6) is 11.5 Å². The van der Waals surface area contributed by atoms with Crippen LogP contribution in [0.15, 0.2) is 18.2 Å². The van der Waals surface area contributed by atoms with Gasteiger partial charge in [-0.25, -0.2) is 0 Å². The predicted octanol–water partition coefficient (Wildman–Crippen LogP) is 0.276. The van der Waals surface area contributed by atoms with Crippen LogP contribution in [0, 0.1) is 0 Å². The van der Waals surface area contributed by atoms with Crippen LogP contribution >= 0.6 is 0 Å². The van der Waals surface area contributed by atoms with E-state index >= 15 is 0 Å². The van der Waals surface area contributed by atoms with Gasteiger partial charge in [-0.1, -0.05) is 6.07 Å². The van der Waals surface area contributed by atoms with E-state index in [1.165, 1.54) is 19.2 Å². The average molecular weight is 210 g/mol. The zero-order valence-electron chi connectivity index (χ0n) is 8.43. The molecule has 1 rings (SSSR count). The van der Waals surface area contributed by atoms with Crippen molar-refractivity contribution in [1.29, 1.82) is 0 Å². The lowest BCUT2D eigenvalue weighted by atomic mass is 10.0. The van der Waals surface area contributed by atoms with Crippen molar-refractivity contribution in [2.24, 2.45) is 11.5 Å². The van der Waals surface area contributed by atoms with Crippen LogP contribution in [0.25, 0.3) is 0 Å². The third-order valence-electron chi connectivity index (χ3n) is 2.04. The fraction of sp³-hybridized carbons (Fsp3) is 0.300. The van der Waals surface area contributed by atoms with Gasteiger partial charge in [-0.15, -0.1) is 0 Å². The Hall–Kier alpha value is -1.75. The summed E-state index contributed by atoms with van der Waals surface area (Å²) in [5, 5.41) is 9.22. The van der Waals surface area contributed by atoms with Crippen molar-refractivity contribution < 1.29 is 14.6 Å². The molecule has 0 aliphatic rings. The highest BCUT2D eigenvalue weighted by atomic mass is 16.5. The number of hydrogen-bond acceptors (Lipinski definition) is 4. The Kier molecular flexibility index (Phi) is 3.51. The zero-order chi connectivity index (χ0) is 11.4. The second-order valence-electron chi connectivity index (χ2n) is 3.20. The average Bonchev–Trinajstić information content (AvgIpc) is 2.16. The Morgan fingerprint density at radius 3 is 2.80 bits per heavy atom. The van der Waals surface area contributed by atoms with Crippen molar-refractivity contribution in [3.63, 3.8) is 0 Å². The largest absolute Gasteiger partial charge is 0.508 e. The second kappa shape index (κ2) is 4.65. The lowest BCUT2D eigenvalue weighted by Gasteiger charge is -2.14. The van der Waals surface area contributed by atoms with Gasteiger partial charge < -0.3 is 21.3 Å². The number of benzene rings is 1. The first-order valence-corrected chi connectivity index (χ1v) is 4.45. The summed E-state index contributed by atoms with van der Waals surface area (Å²) in [5.74, 6) is 0.0586. The van der Waals surface area contributed by atoms with Gasteiger partial charge in [0, 0.05) is 24.1 Å². The Labute approximate surface area is 87.6 Å². The Bertz CT molecular complexity index is 366. The molecule has 0 aliphatic heterocycles. The van der Waals surface area contributed by atoms with Gasteiger partial charge in [0.2, 0.25) is 5.91 Å². The minimum atomic E-state index is -0.516. The summed E-state index contributed by atoms with van der Waals surface area (Å²) >= 11 is 0. The van der Waals surface area contributed by atoms with Gasteiger partial charge >= 0.3 is 0 Å². The molecule has 5 nitrogen and oxygen atoms in total. The van der Waals surface area contributed by atoms with Crippen LogP contribution in [-0.2, 0) is 4.79 Å². The van der Waals surface area contributed by atoms with E-state index in [1.54, 1.807) is 6.07 Å². The highest BCUT2D eigenvalue weighted by molar-refractivity contribution is 5.74. The quantitative estimate of drug-likeness (QED) is 0.664. The maximum absolute atomic E-state index is 10.7.